The predicted octanol–water partition coefficient (Wildman–Crippen LogP) is 4.61. The number of amides is 1. The lowest BCUT2D eigenvalue weighted by molar-refractivity contribution is -0.117. The van der Waals surface area contributed by atoms with Crippen molar-refractivity contribution >= 4 is 22.6 Å². The lowest BCUT2D eigenvalue weighted by atomic mass is 10.1. The summed E-state index contributed by atoms with van der Waals surface area (Å²) in [5.41, 5.74) is 4.16. The fraction of sp³-hybridized carbons (Fsp3) is 0.200. The van der Waals surface area contributed by atoms with Gasteiger partial charge in [0.15, 0.2) is 0 Å². The number of aromatic nitrogens is 2. The summed E-state index contributed by atoms with van der Waals surface area (Å²) in [5.74, 6) is 1.88. The molecule has 0 spiro atoms. The maximum atomic E-state index is 12.9. The molecule has 150 valence electrons. The summed E-state index contributed by atoms with van der Waals surface area (Å²) in [5, 5.41) is 0. The van der Waals surface area contributed by atoms with E-state index in [-0.39, 0.29) is 11.8 Å². The maximum Gasteiger partial charge on any atom is 0.227 e. The van der Waals surface area contributed by atoms with Crippen LogP contribution in [-0.4, -0.2) is 29.1 Å². The summed E-state index contributed by atoms with van der Waals surface area (Å²) >= 11 is 0. The number of carbonyl (C=O) groups excluding carboxylic acids is 1. The van der Waals surface area contributed by atoms with Crippen molar-refractivity contribution in [2.75, 3.05) is 18.6 Å². The molecule has 4 aromatic rings. The van der Waals surface area contributed by atoms with E-state index in [2.05, 4.69) is 34.9 Å². The van der Waals surface area contributed by atoms with Gasteiger partial charge in [-0.25, -0.2) is 4.98 Å². The van der Waals surface area contributed by atoms with Crippen LogP contribution in [0.1, 0.15) is 23.7 Å². The molecule has 30 heavy (non-hydrogen) atoms. The third kappa shape index (κ3) is 3.32. The highest BCUT2D eigenvalue weighted by atomic mass is 16.5. The average Bonchev–Trinajstić information content (AvgIpc) is 3.35. The lowest BCUT2D eigenvalue weighted by Gasteiger charge is -2.18. The van der Waals surface area contributed by atoms with Gasteiger partial charge in [-0.05, 0) is 29.8 Å². The first-order valence-corrected chi connectivity index (χ1v) is 10.2. The normalized spacial score (nSPS) is 16.4. The Morgan fingerprint density at radius 3 is 2.63 bits per heavy atom. The zero-order valence-electron chi connectivity index (χ0n) is 16.9. The summed E-state index contributed by atoms with van der Waals surface area (Å²) in [6.07, 6.45) is 0.454. The number of fused-ring (bicyclic) bond motifs is 1. The molecule has 1 amide bonds. The van der Waals surface area contributed by atoms with Gasteiger partial charge in [0.2, 0.25) is 5.91 Å². The molecular formula is C25H23N3O2. The Bertz CT molecular complexity index is 1200. The Balaban J connectivity index is 1.51. The number of carbonyl (C=O) groups is 1. The topological polar surface area (TPSA) is 47.4 Å². The Morgan fingerprint density at radius 2 is 1.80 bits per heavy atom. The van der Waals surface area contributed by atoms with Crippen molar-refractivity contribution in [3.8, 4) is 5.75 Å². The Morgan fingerprint density at radius 1 is 1.00 bits per heavy atom. The smallest absolute Gasteiger partial charge is 0.227 e. The van der Waals surface area contributed by atoms with Gasteiger partial charge in [-0.2, -0.15) is 0 Å². The number of hydrogen-bond donors (Lipinski definition) is 0. The van der Waals surface area contributed by atoms with Gasteiger partial charge >= 0.3 is 0 Å². The number of imidazole rings is 1. The van der Waals surface area contributed by atoms with E-state index < -0.39 is 0 Å². The highest BCUT2D eigenvalue weighted by Gasteiger charge is 2.35. The fourth-order valence-electron chi connectivity index (χ4n) is 4.25. The molecule has 1 aliphatic rings. The molecule has 1 fully saturated rings. The molecule has 0 radical (unpaired) electrons. The summed E-state index contributed by atoms with van der Waals surface area (Å²) in [4.78, 5) is 19.7. The van der Waals surface area contributed by atoms with Gasteiger partial charge in [-0.15, -0.1) is 0 Å². The number of ether oxygens (including phenoxy) is 1. The van der Waals surface area contributed by atoms with Gasteiger partial charge < -0.3 is 14.2 Å². The molecule has 0 unspecified atom stereocenters. The molecule has 0 aliphatic carbocycles. The zero-order valence-corrected chi connectivity index (χ0v) is 16.9. The standard InChI is InChI=1S/C25H23N3O2/c1-30-21-11-7-10-20(15-21)27-17-19(14-24(27)29)25-26-22-12-5-6-13-23(22)28(25)16-18-8-3-2-4-9-18/h2-13,15,19H,14,16-17H2,1H3/t19-/m1/s1. The van der Waals surface area contributed by atoms with Crippen molar-refractivity contribution in [1.29, 1.82) is 0 Å². The third-order valence-corrected chi connectivity index (χ3v) is 5.72. The molecule has 1 saturated heterocycles. The summed E-state index contributed by atoms with van der Waals surface area (Å²) in [7, 11) is 1.64. The molecule has 0 saturated carbocycles. The second kappa shape index (κ2) is 7.67. The van der Waals surface area contributed by atoms with Crippen molar-refractivity contribution < 1.29 is 9.53 Å². The molecule has 0 bridgehead atoms. The van der Waals surface area contributed by atoms with Gasteiger partial charge in [0, 0.05) is 37.2 Å². The number of rotatable bonds is 5. The zero-order chi connectivity index (χ0) is 20.5. The van der Waals surface area contributed by atoms with Crippen molar-refractivity contribution in [2.45, 2.75) is 18.9 Å². The number of benzene rings is 3. The van der Waals surface area contributed by atoms with E-state index in [0.717, 1.165) is 34.8 Å². The van der Waals surface area contributed by atoms with Gasteiger partial charge in [-0.1, -0.05) is 48.5 Å². The van der Waals surface area contributed by atoms with Crippen LogP contribution in [0.3, 0.4) is 0 Å². The minimum atomic E-state index is 0.0415. The summed E-state index contributed by atoms with van der Waals surface area (Å²) in [6.45, 7) is 1.35. The second-order valence-electron chi connectivity index (χ2n) is 7.64. The minimum absolute atomic E-state index is 0.0415. The first-order chi connectivity index (χ1) is 14.7. The molecule has 5 rings (SSSR count). The highest BCUT2D eigenvalue weighted by Crippen LogP contribution is 2.34. The number of anilines is 1. The van der Waals surface area contributed by atoms with Crippen LogP contribution in [0.2, 0.25) is 0 Å². The van der Waals surface area contributed by atoms with Crippen molar-refractivity contribution in [1.82, 2.24) is 9.55 Å². The SMILES string of the molecule is COc1cccc(N2C[C@H](c3nc4ccccc4n3Cc3ccccc3)CC2=O)c1. The molecule has 2 heterocycles. The largest absolute Gasteiger partial charge is 0.497 e. The van der Waals surface area contributed by atoms with Gasteiger partial charge in [0.1, 0.15) is 11.6 Å². The Kier molecular flexibility index (Phi) is 4.71. The van der Waals surface area contributed by atoms with Crippen LogP contribution in [0.25, 0.3) is 11.0 Å². The molecule has 1 aromatic heterocycles. The van der Waals surface area contributed by atoms with Crippen molar-refractivity contribution in [2.24, 2.45) is 0 Å². The van der Waals surface area contributed by atoms with Crippen LogP contribution in [0, 0.1) is 0 Å². The van der Waals surface area contributed by atoms with E-state index >= 15 is 0 Å². The molecule has 1 atom stereocenters. The van der Waals surface area contributed by atoms with Crippen LogP contribution in [0.5, 0.6) is 5.75 Å². The van der Waals surface area contributed by atoms with E-state index in [9.17, 15) is 4.79 Å². The monoisotopic (exact) mass is 397 g/mol. The van der Waals surface area contributed by atoms with E-state index in [4.69, 9.17) is 9.72 Å². The number of hydrogen-bond acceptors (Lipinski definition) is 3. The van der Waals surface area contributed by atoms with E-state index in [1.165, 1.54) is 5.56 Å². The molecule has 5 heteroatoms. The van der Waals surface area contributed by atoms with Gasteiger partial charge in [0.05, 0.1) is 18.1 Å². The van der Waals surface area contributed by atoms with Gasteiger partial charge in [-0.3, -0.25) is 4.79 Å². The minimum Gasteiger partial charge on any atom is -0.497 e. The first kappa shape index (κ1) is 18.4. The van der Waals surface area contributed by atoms with Crippen LogP contribution in [0.15, 0.2) is 78.9 Å². The van der Waals surface area contributed by atoms with E-state index in [0.29, 0.717) is 13.0 Å². The average molecular weight is 397 g/mol. The Labute approximate surface area is 175 Å². The van der Waals surface area contributed by atoms with Crippen LogP contribution >= 0.6 is 0 Å². The van der Waals surface area contributed by atoms with E-state index in [1.54, 1.807) is 7.11 Å². The Hall–Kier alpha value is -3.60. The third-order valence-electron chi connectivity index (χ3n) is 5.72. The fourth-order valence-corrected chi connectivity index (χ4v) is 4.25. The number of nitrogens with zero attached hydrogens (tertiary/aromatic N) is 3. The molecule has 5 nitrogen and oxygen atoms in total. The quantitative estimate of drug-likeness (QED) is 0.494. The number of para-hydroxylation sites is 2. The predicted molar refractivity (Wildman–Crippen MR) is 118 cm³/mol. The second-order valence-corrected chi connectivity index (χ2v) is 7.64. The summed E-state index contributed by atoms with van der Waals surface area (Å²) < 4.78 is 7.59. The lowest BCUT2D eigenvalue weighted by Crippen LogP contribution is -2.24. The molecule has 0 N–H and O–H groups in total. The molecule has 1 aliphatic heterocycles. The van der Waals surface area contributed by atoms with Crippen LogP contribution in [0.4, 0.5) is 5.69 Å². The first-order valence-electron chi connectivity index (χ1n) is 10.2. The highest BCUT2D eigenvalue weighted by molar-refractivity contribution is 5.96. The maximum absolute atomic E-state index is 12.9. The van der Waals surface area contributed by atoms with Crippen LogP contribution in [-0.2, 0) is 11.3 Å². The van der Waals surface area contributed by atoms with Crippen molar-refractivity contribution in [3.63, 3.8) is 0 Å². The number of methoxy groups -OCH3 is 1. The summed E-state index contributed by atoms with van der Waals surface area (Å²) in [6, 6.07) is 26.2. The van der Waals surface area contributed by atoms with Crippen LogP contribution < -0.4 is 9.64 Å². The van der Waals surface area contributed by atoms with Gasteiger partial charge in [0.25, 0.3) is 0 Å². The molecule has 3 aromatic carbocycles. The van der Waals surface area contributed by atoms with Crippen molar-refractivity contribution in [3.05, 3.63) is 90.3 Å². The molecular weight excluding hydrogens is 374 g/mol. The van der Waals surface area contributed by atoms with E-state index in [1.807, 2.05) is 53.4 Å².